The van der Waals surface area contributed by atoms with Gasteiger partial charge in [-0.2, -0.15) is 0 Å². The second-order valence-corrected chi connectivity index (χ2v) is 8.74. The van der Waals surface area contributed by atoms with Crippen molar-refractivity contribution in [1.82, 2.24) is 0 Å². The third-order valence-electron chi connectivity index (χ3n) is 5.02. The van der Waals surface area contributed by atoms with Crippen molar-refractivity contribution in [2.45, 2.75) is 45.8 Å². The van der Waals surface area contributed by atoms with Crippen LogP contribution in [0.15, 0.2) is 59.2 Å². The smallest absolute Gasteiger partial charge is 0.311 e. The number of ether oxygens (including phenoxy) is 1. The number of anilines is 2. The topological polar surface area (TPSA) is 79.8 Å². The Hall–Kier alpha value is -3.06. The number of fused-ring (bicyclic) bond motifs is 1. The predicted molar refractivity (Wildman–Crippen MR) is 133 cm³/mol. The van der Waals surface area contributed by atoms with Crippen molar-refractivity contribution in [3.8, 4) is 0 Å². The summed E-state index contributed by atoms with van der Waals surface area (Å²) in [4.78, 5) is 29.9. The van der Waals surface area contributed by atoms with E-state index in [1.165, 1.54) is 11.8 Å². The zero-order chi connectivity index (χ0) is 23.1. The summed E-state index contributed by atoms with van der Waals surface area (Å²) < 4.78 is 5.11. The fraction of sp³-hybridized carbons (Fsp3) is 0.320. The molecule has 168 valence electrons. The minimum absolute atomic E-state index is 0.0663. The molecule has 1 amide bonds. The molecule has 1 atom stereocenters. The van der Waals surface area contributed by atoms with Crippen LogP contribution in [0.1, 0.15) is 37.8 Å². The van der Waals surface area contributed by atoms with Crippen LogP contribution < -0.4 is 10.6 Å². The summed E-state index contributed by atoms with van der Waals surface area (Å²) in [6.45, 7) is 8.06. The van der Waals surface area contributed by atoms with Crippen LogP contribution in [0.2, 0.25) is 0 Å². The first kappa shape index (κ1) is 23.6. The third-order valence-corrected chi connectivity index (χ3v) is 6.31. The van der Waals surface area contributed by atoms with Crippen molar-refractivity contribution in [2.75, 3.05) is 17.2 Å². The molecule has 0 saturated carbocycles. The van der Waals surface area contributed by atoms with Crippen molar-refractivity contribution >= 4 is 45.7 Å². The van der Waals surface area contributed by atoms with Gasteiger partial charge in [0.05, 0.1) is 34.7 Å². The van der Waals surface area contributed by atoms with Crippen molar-refractivity contribution in [1.29, 1.82) is 0 Å². The highest BCUT2D eigenvalue weighted by molar-refractivity contribution is 8.15. The summed E-state index contributed by atoms with van der Waals surface area (Å²) >= 11 is 1.40. The van der Waals surface area contributed by atoms with Gasteiger partial charge < -0.3 is 15.4 Å². The van der Waals surface area contributed by atoms with E-state index in [-0.39, 0.29) is 23.5 Å². The molecule has 1 heterocycles. The van der Waals surface area contributed by atoms with Crippen LogP contribution in [-0.2, 0) is 14.3 Å². The normalized spacial score (nSPS) is 13.6. The van der Waals surface area contributed by atoms with Crippen LogP contribution >= 0.6 is 11.8 Å². The van der Waals surface area contributed by atoms with Gasteiger partial charge in [-0.25, -0.2) is 4.99 Å². The number of carbonyl (C=O) groups is 2. The lowest BCUT2D eigenvalue weighted by Crippen LogP contribution is -2.26. The zero-order valence-corrected chi connectivity index (χ0v) is 19.7. The number of nitrogens with zero attached hydrogens (tertiary/aromatic N) is 1. The molecular weight excluding hydrogens is 422 g/mol. The average molecular weight is 452 g/mol. The largest absolute Gasteiger partial charge is 0.466 e. The number of benzene rings is 2. The summed E-state index contributed by atoms with van der Waals surface area (Å²) in [5.41, 5.74) is 5.16. The Labute approximate surface area is 193 Å². The second kappa shape index (κ2) is 11.0. The number of para-hydroxylation sites is 3. The van der Waals surface area contributed by atoms with Gasteiger partial charge in [0.25, 0.3) is 0 Å². The van der Waals surface area contributed by atoms with E-state index in [0.29, 0.717) is 23.8 Å². The molecule has 0 unspecified atom stereocenters. The zero-order valence-electron chi connectivity index (χ0n) is 18.9. The number of hydrogen-bond donors (Lipinski definition) is 2. The molecule has 0 aromatic heterocycles. The number of nitrogens with one attached hydrogen (secondary N) is 2. The molecule has 3 rings (SSSR count). The van der Waals surface area contributed by atoms with Crippen LogP contribution in [0, 0.1) is 13.8 Å². The lowest BCUT2D eigenvalue weighted by molar-refractivity contribution is -0.142. The fourth-order valence-electron chi connectivity index (χ4n) is 3.39. The summed E-state index contributed by atoms with van der Waals surface area (Å²) in [5, 5.41) is 6.71. The van der Waals surface area contributed by atoms with Crippen molar-refractivity contribution in [2.24, 2.45) is 4.99 Å². The van der Waals surface area contributed by atoms with Gasteiger partial charge in [0, 0.05) is 11.4 Å². The predicted octanol–water partition coefficient (Wildman–Crippen LogP) is 5.75. The number of aryl methyl sites for hydroxylation is 2. The molecule has 2 aromatic rings. The molecule has 0 radical (unpaired) electrons. The van der Waals surface area contributed by atoms with Crippen LogP contribution in [0.25, 0.3) is 0 Å². The molecule has 0 saturated heterocycles. The van der Waals surface area contributed by atoms with E-state index in [2.05, 4.69) is 10.6 Å². The second-order valence-electron chi connectivity index (χ2n) is 7.51. The number of esters is 1. The van der Waals surface area contributed by atoms with Crippen molar-refractivity contribution < 1.29 is 14.3 Å². The molecule has 0 spiro atoms. The van der Waals surface area contributed by atoms with Gasteiger partial charge in [0.1, 0.15) is 0 Å². The van der Waals surface area contributed by atoms with E-state index >= 15 is 0 Å². The Bertz CT molecular complexity index is 1040. The van der Waals surface area contributed by atoms with Gasteiger partial charge in [-0.15, -0.1) is 0 Å². The Kier molecular flexibility index (Phi) is 8.11. The number of aliphatic imine (C=N–C) groups is 1. The first-order valence-electron chi connectivity index (χ1n) is 10.8. The highest BCUT2D eigenvalue weighted by Gasteiger charge is 2.23. The Morgan fingerprint density at radius 3 is 2.50 bits per heavy atom. The maximum Gasteiger partial charge on any atom is 0.311 e. The minimum Gasteiger partial charge on any atom is -0.466 e. The number of amides is 1. The van der Waals surface area contributed by atoms with Gasteiger partial charge in [-0.1, -0.05) is 49.0 Å². The van der Waals surface area contributed by atoms with Gasteiger partial charge in [-0.3, -0.25) is 9.59 Å². The lowest BCUT2D eigenvalue weighted by atomic mass is 10.1. The quantitative estimate of drug-likeness (QED) is 0.524. The number of carbonyl (C=O) groups excluding carboxylic acids is 2. The standard InChI is InChI=1S/C25H29N3O3S/c1-5-21(25(30)28-24-16(3)10-9-11-17(24)4)32-22-14-18(15-23(29)31-6-2)26-19-12-7-8-13-20(19)27-22/h7-14,21,26H,5-6,15H2,1-4H3,(H,28,30)/t21-/m1/s1. The number of rotatable bonds is 7. The highest BCUT2D eigenvalue weighted by atomic mass is 32.2. The first-order chi connectivity index (χ1) is 15.4. The monoisotopic (exact) mass is 451 g/mol. The maximum atomic E-state index is 13.1. The van der Waals surface area contributed by atoms with Crippen molar-refractivity contribution in [3.63, 3.8) is 0 Å². The molecule has 0 bridgehead atoms. The van der Waals surface area contributed by atoms with E-state index in [1.54, 1.807) is 6.92 Å². The maximum absolute atomic E-state index is 13.1. The molecule has 0 aliphatic carbocycles. The van der Waals surface area contributed by atoms with Crippen LogP contribution in [0.3, 0.4) is 0 Å². The summed E-state index contributed by atoms with van der Waals surface area (Å²) in [6.07, 6.45) is 2.57. The summed E-state index contributed by atoms with van der Waals surface area (Å²) in [5.74, 6) is -0.377. The SMILES string of the molecule is CCOC(=O)CC1=CC(S[C@H](CC)C(=O)Nc2c(C)cccc2C)=Nc2ccccc2N1. The number of hydrogen-bond acceptors (Lipinski definition) is 6. The molecule has 7 heteroatoms. The van der Waals surface area contributed by atoms with Crippen LogP contribution in [0.5, 0.6) is 0 Å². The fourth-order valence-corrected chi connectivity index (χ4v) is 4.38. The number of thioether (sulfide) groups is 1. The molecule has 6 nitrogen and oxygen atoms in total. The summed E-state index contributed by atoms with van der Waals surface area (Å²) in [6, 6.07) is 13.6. The van der Waals surface area contributed by atoms with E-state index in [9.17, 15) is 9.59 Å². The van der Waals surface area contributed by atoms with E-state index in [0.717, 1.165) is 28.2 Å². The Morgan fingerprint density at radius 2 is 1.81 bits per heavy atom. The molecule has 2 aromatic carbocycles. The van der Waals surface area contributed by atoms with Crippen molar-refractivity contribution in [3.05, 3.63) is 65.4 Å². The molecular formula is C25H29N3O3S. The van der Waals surface area contributed by atoms with E-state index in [4.69, 9.17) is 9.73 Å². The first-order valence-corrected chi connectivity index (χ1v) is 11.6. The minimum atomic E-state index is -0.335. The van der Waals surface area contributed by atoms with Gasteiger partial charge in [0.2, 0.25) is 5.91 Å². The van der Waals surface area contributed by atoms with E-state index in [1.807, 2.05) is 69.3 Å². The molecule has 32 heavy (non-hydrogen) atoms. The van der Waals surface area contributed by atoms with E-state index < -0.39 is 0 Å². The summed E-state index contributed by atoms with van der Waals surface area (Å²) in [7, 11) is 0. The van der Waals surface area contributed by atoms with Gasteiger partial charge in [0.15, 0.2) is 0 Å². The lowest BCUT2D eigenvalue weighted by Gasteiger charge is -2.17. The Morgan fingerprint density at radius 1 is 1.09 bits per heavy atom. The average Bonchev–Trinajstić information content (AvgIpc) is 2.93. The molecule has 1 aliphatic rings. The Balaban J connectivity index is 1.84. The van der Waals surface area contributed by atoms with Gasteiger partial charge >= 0.3 is 5.97 Å². The van der Waals surface area contributed by atoms with Crippen LogP contribution in [-0.4, -0.2) is 28.8 Å². The third kappa shape index (κ3) is 6.01. The van der Waals surface area contributed by atoms with Crippen LogP contribution in [0.4, 0.5) is 17.1 Å². The molecule has 1 aliphatic heterocycles. The molecule has 0 fully saturated rings. The van der Waals surface area contributed by atoms with Gasteiger partial charge in [-0.05, 0) is 56.5 Å². The highest BCUT2D eigenvalue weighted by Crippen LogP contribution is 2.33. The molecule has 2 N–H and O–H groups in total.